The summed E-state index contributed by atoms with van der Waals surface area (Å²) in [4.78, 5) is 4.38. The third-order valence-corrected chi connectivity index (χ3v) is 3.85. The highest BCUT2D eigenvalue weighted by atomic mass is 16.5. The fourth-order valence-electron chi connectivity index (χ4n) is 2.73. The van der Waals surface area contributed by atoms with E-state index in [0.29, 0.717) is 6.10 Å². The molecule has 0 amide bonds. The van der Waals surface area contributed by atoms with Gasteiger partial charge in [0.25, 0.3) is 0 Å². The highest BCUT2D eigenvalue weighted by Crippen LogP contribution is 2.25. The molecule has 2 atom stereocenters. The van der Waals surface area contributed by atoms with Crippen LogP contribution >= 0.6 is 0 Å². The Hall–Kier alpha value is -1.45. The van der Waals surface area contributed by atoms with Crippen molar-refractivity contribution >= 4 is 10.9 Å². The molecule has 1 fully saturated rings. The second-order valence-corrected chi connectivity index (χ2v) is 5.29. The molecule has 19 heavy (non-hydrogen) atoms. The van der Waals surface area contributed by atoms with Gasteiger partial charge < -0.3 is 10.5 Å². The molecule has 1 saturated heterocycles. The van der Waals surface area contributed by atoms with Gasteiger partial charge in [-0.3, -0.25) is 4.98 Å². The van der Waals surface area contributed by atoms with E-state index in [1.165, 1.54) is 12.8 Å². The molecule has 2 heterocycles. The summed E-state index contributed by atoms with van der Waals surface area (Å²) in [6.45, 7) is 0.886. The molecule has 3 rings (SSSR count). The van der Waals surface area contributed by atoms with Gasteiger partial charge in [-0.05, 0) is 43.4 Å². The summed E-state index contributed by atoms with van der Waals surface area (Å²) >= 11 is 0. The van der Waals surface area contributed by atoms with Gasteiger partial charge in [-0.25, -0.2) is 0 Å². The van der Waals surface area contributed by atoms with Crippen LogP contribution in [-0.4, -0.2) is 17.7 Å². The number of nitrogens with two attached hydrogens (primary N) is 1. The first kappa shape index (κ1) is 12.6. The minimum atomic E-state index is 0.0366. The summed E-state index contributed by atoms with van der Waals surface area (Å²) in [7, 11) is 0. The van der Waals surface area contributed by atoms with E-state index < -0.39 is 0 Å². The minimum absolute atomic E-state index is 0.0366. The normalized spacial score (nSPS) is 21.4. The molecule has 2 unspecified atom stereocenters. The zero-order valence-corrected chi connectivity index (χ0v) is 11.1. The summed E-state index contributed by atoms with van der Waals surface area (Å²) in [5.74, 6) is 0. The van der Waals surface area contributed by atoms with Crippen LogP contribution in [0.15, 0.2) is 36.5 Å². The van der Waals surface area contributed by atoms with Crippen LogP contribution < -0.4 is 5.73 Å². The van der Waals surface area contributed by atoms with Crippen molar-refractivity contribution in [3.05, 3.63) is 42.1 Å². The molecule has 1 aromatic heterocycles. The van der Waals surface area contributed by atoms with Gasteiger partial charge in [0.15, 0.2) is 0 Å². The van der Waals surface area contributed by atoms with Gasteiger partial charge in [0.2, 0.25) is 0 Å². The number of pyridine rings is 1. The first-order valence-electron chi connectivity index (χ1n) is 7.05. The van der Waals surface area contributed by atoms with Gasteiger partial charge >= 0.3 is 0 Å². The fraction of sp³-hybridized carbons (Fsp3) is 0.438. The van der Waals surface area contributed by atoms with Gasteiger partial charge in [0.1, 0.15) is 0 Å². The van der Waals surface area contributed by atoms with Crippen molar-refractivity contribution in [3.63, 3.8) is 0 Å². The molecule has 100 valence electrons. The Labute approximate surface area is 113 Å². The summed E-state index contributed by atoms with van der Waals surface area (Å²) in [6.07, 6.45) is 6.63. The number of rotatable bonds is 3. The van der Waals surface area contributed by atoms with E-state index in [2.05, 4.69) is 29.2 Å². The molecule has 0 saturated carbocycles. The molecular weight excluding hydrogens is 236 g/mol. The summed E-state index contributed by atoms with van der Waals surface area (Å²) < 4.78 is 5.76. The van der Waals surface area contributed by atoms with Crippen LogP contribution in [0.1, 0.15) is 37.3 Å². The molecular formula is C16H20N2O. The Kier molecular flexibility index (Phi) is 3.76. The molecule has 1 aromatic carbocycles. The largest absolute Gasteiger partial charge is 0.378 e. The van der Waals surface area contributed by atoms with Crippen molar-refractivity contribution in [1.82, 2.24) is 4.98 Å². The Balaban J connectivity index is 1.75. The Morgan fingerprint density at radius 2 is 2.26 bits per heavy atom. The van der Waals surface area contributed by atoms with Gasteiger partial charge in [0, 0.05) is 24.2 Å². The molecule has 0 bridgehead atoms. The van der Waals surface area contributed by atoms with Crippen LogP contribution in [0.3, 0.4) is 0 Å². The molecule has 0 aliphatic carbocycles. The fourth-order valence-corrected chi connectivity index (χ4v) is 2.73. The van der Waals surface area contributed by atoms with Crippen molar-refractivity contribution in [3.8, 4) is 0 Å². The zero-order chi connectivity index (χ0) is 13.1. The number of aromatic nitrogens is 1. The molecule has 0 radical (unpaired) electrons. The van der Waals surface area contributed by atoms with Crippen LogP contribution in [0.5, 0.6) is 0 Å². The van der Waals surface area contributed by atoms with Gasteiger partial charge in [0.05, 0.1) is 11.6 Å². The van der Waals surface area contributed by atoms with Crippen LogP contribution in [0.2, 0.25) is 0 Å². The maximum Gasteiger partial charge on any atom is 0.0705 e. The molecule has 2 aromatic rings. The SMILES string of the molecule is NC(CC1CCCCO1)c1ccc2cccnc2c1. The lowest BCUT2D eigenvalue weighted by molar-refractivity contribution is 0.00730. The monoisotopic (exact) mass is 256 g/mol. The lowest BCUT2D eigenvalue weighted by Gasteiger charge is -2.25. The number of fused-ring (bicyclic) bond motifs is 1. The van der Waals surface area contributed by atoms with Crippen molar-refractivity contribution in [1.29, 1.82) is 0 Å². The number of nitrogens with zero attached hydrogens (tertiary/aromatic N) is 1. The Morgan fingerprint density at radius 3 is 3.11 bits per heavy atom. The second-order valence-electron chi connectivity index (χ2n) is 5.29. The lowest BCUT2D eigenvalue weighted by atomic mass is 9.96. The number of ether oxygens (including phenoxy) is 1. The topological polar surface area (TPSA) is 48.1 Å². The Bertz CT molecular complexity index is 549. The minimum Gasteiger partial charge on any atom is -0.378 e. The smallest absolute Gasteiger partial charge is 0.0705 e. The van der Waals surface area contributed by atoms with Crippen molar-refractivity contribution in [2.45, 2.75) is 37.8 Å². The van der Waals surface area contributed by atoms with E-state index in [0.717, 1.165) is 35.9 Å². The quantitative estimate of drug-likeness (QED) is 0.917. The number of hydrogen-bond acceptors (Lipinski definition) is 3. The van der Waals surface area contributed by atoms with Crippen LogP contribution in [0.4, 0.5) is 0 Å². The van der Waals surface area contributed by atoms with Crippen LogP contribution in [-0.2, 0) is 4.74 Å². The van der Waals surface area contributed by atoms with E-state index >= 15 is 0 Å². The van der Waals surface area contributed by atoms with Crippen molar-refractivity contribution in [2.75, 3.05) is 6.61 Å². The highest BCUT2D eigenvalue weighted by molar-refractivity contribution is 5.78. The van der Waals surface area contributed by atoms with Gasteiger partial charge in [-0.1, -0.05) is 18.2 Å². The van der Waals surface area contributed by atoms with Crippen molar-refractivity contribution < 1.29 is 4.74 Å². The van der Waals surface area contributed by atoms with E-state index in [1.54, 1.807) is 0 Å². The molecule has 1 aliphatic rings. The number of benzene rings is 1. The maximum atomic E-state index is 6.31. The lowest BCUT2D eigenvalue weighted by Crippen LogP contribution is -2.24. The van der Waals surface area contributed by atoms with E-state index in [4.69, 9.17) is 10.5 Å². The third kappa shape index (κ3) is 2.94. The summed E-state index contributed by atoms with van der Waals surface area (Å²) in [6, 6.07) is 10.4. The van der Waals surface area contributed by atoms with Crippen LogP contribution in [0, 0.1) is 0 Å². The molecule has 1 aliphatic heterocycles. The summed E-state index contributed by atoms with van der Waals surface area (Å²) in [5.41, 5.74) is 8.48. The standard InChI is InChI=1S/C16H20N2O/c17-15(11-14-5-1-2-9-19-14)13-7-6-12-4-3-8-18-16(12)10-13/h3-4,6-8,10,14-15H,1-2,5,9,11,17H2. The first-order valence-corrected chi connectivity index (χ1v) is 7.05. The van der Waals surface area contributed by atoms with Crippen LogP contribution in [0.25, 0.3) is 10.9 Å². The highest BCUT2D eigenvalue weighted by Gasteiger charge is 2.18. The predicted molar refractivity (Wildman–Crippen MR) is 76.9 cm³/mol. The Morgan fingerprint density at radius 1 is 1.32 bits per heavy atom. The molecule has 2 N–H and O–H groups in total. The maximum absolute atomic E-state index is 6.31. The second kappa shape index (κ2) is 5.68. The third-order valence-electron chi connectivity index (χ3n) is 3.85. The predicted octanol–water partition coefficient (Wildman–Crippen LogP) is 3.19. The average Bonchev–Trinajstić information content (AvgIpc) is 2.48. The van der Waals surface area contributed by atoms with Crippen molar-refractivity contribution in [2.24, 2.45) is 5.73 Å². The number of hydrogen-bond donors (Lipinski definition) is 1. The van der Waals surface area contributed by atoms with E-state index in [1.807, 2.05) is 12.3 Å². The zero-order valence-electron chi connectivity index (χ0n) is 11.1. The molecule has 3 heteroatoms. The average molecular weight is 256 g/mol. The van der Waals surface area contributed by atoms with Gasteiger partial charge in [-0.15, -0.1) is 0 Å². The van der Waals surface area contributed by atoms with E-state index in [9.17, 15) is 0 Å². The summed E-state index contributed by atoms with van der Waals surface area (Å²) in [5, 5.41) is 1.16. The first-order chi connectivity index (χ1) is 9.33. The van der Waals surface area contributed by atoms with E-state index in [-0.39, 0.29) is 6.04 Å². The molecule has 0 spiro atoms. The molecule has 3 nitrogen and oxygen atoms in total. The van der Waals surface area contributed by atoms with Gasteiger partial charge in [-0.2, -0.15) is 0 Å².